The zero-order valence-electron chi connectivity index (χ0n) is 12.7. The second kappa shape index (κ2) is 5.62. The van der Waals surface area contributed by atoms with Gasteiger partial charge in [-0.05, 0) is 43.3 Å². The van der Waals surface area contributed by atoms with E-state index in [9.17, 15) is 4.79 Å². The van der Waals surface area contributed by atoms with Crippen molar-refractivity contribution in [2.75, 3.05) is 5.32 Å². The third kappa shape index (κ3) is 2.90. The fourth-order valence-corrected chi connectivity index (χ4v) is 3.25. The number of carbonyl (C=O) groups is 1. The molecule has 116 valence electrons. The molecule has 0 unspecified atom stereocenters. The molecule has 5 nitrogen and oxygen atoms in total. The van der Waals surface area contributed by atoms with Crippen LogP contribution in [0.1, 0.15) is 18.7 Å². The van der Waals surface area contributed by atoms with Crippen LogP contribution in [0, 0.1) is 12.8 Å². The number of pyridine rings is 1. The first kappa shape index (κ1) is 14.1. The number of hydrogen-bond donors (Lipinski definition) is 2. The number of H-pyrrole nitrogens is 1. The monoisotopic (exact) mass is 324 g/mol. The lowest BCUT2D eigenvalue weighted by Gasteiger charge is -2.06. The Morgan fingerprint density at radius 2 is 2.26 bits per heavy atom. The van der Waals surface area contributed by atoms with Crippen LogP contribution in [0.25, 0.3) is 21.8 Å². The molecule has 0 bridgehead atoms. The topological polar surface area (TPSA) is 70.7 Å². The van der Waals surface area contributed by atoms with Gasteiger partial charge in [0, 0.05) is 17.7 Å². The second-order valence-electron chi connectivity index (χ2n) is 5.72. The third-order valence-corrected chi connectivity index (χ3v) is 4.71. The summed E-state index contributed by atoms with van der Waals surface area (Å²) in [6, 6.07) is 7.89. The lowest BCUT2D eigenvalue weighted by Crippen LogP contribution is -2.14. The van der Waals surface area contributed by atoms with Crippen molar-refractivity contribution in [2.24, 2.45) is 5.92 Å². The maximum Gasteiger partial charge on any atom is 0.228 e. The van der Waals surface area contributed by atoms with Gasteiger partial charge in [0.1, 0.15) is 11.6 Å². The fourth-order valence-electron chi connectivity index (χ4n) is 2.52. The first-order valence-electron chi connectivity index (χ1n) is 7.58. The zero-order chi connectivity index (χ0) is 15.8. The van der Waals surface area contributed by atoms with E-state index >= 15 is 0 Å². The van der Waals surface area contributed by atoms with Gasteiger partial charge in [-0.1, -0.05) is 6.07 Å². The van der Waals surface area contributed by atoms with Crippen molar-refractivity contribution in [1.82, 2.24) is 15.0 Å². The van der Waals surface area contributed by atoms with E-state index in [-0.39, 0.29) is 11.8 Å². The molecule has 0 radical (unpaired) electrons. The summed E-state index contributed by atoms with van der Waals surface area (Å²) in [7, 11) is 0. The maximum atomic E-state index is 11.9. The quantitative estimate of drug-likeness (QED) is 0.765. The summed E-state index contributed by atoms with van der Waals surface area (Å²) in [4.78, 5) is 25.2. The van der Waals surface area contributed by atoms with Gasteiger partial charge in [0.2, 0.25) is 5.91 Å². The molecule has 0 saturated heterocycles. The molecular weight excluding hydrogens is 308 g/mol. The van der Waals surface area contributed by atoms with Crippen LogP contribution in [0.15, 0.2) is 35.8 Å². The number of thiophene rings is 1. The number of carbonyl (C=O) groups excluding carboxylic acids is 1. The zero-order valence-corrected chi connectivity index (χ0v) is 13.5. The smallest absolute Gasteiger partial charge is 0.228 e. The Morgan fingerprint density at radius 1 is 1.39 bits per heavy atom. The molecule has 2 N–H and O–H groups in total. The molecule has 0 aromatic carbocycles. The summed E-state index contributed by atoms with van der Waals surface area (Å²) in [6.07, 6.45) is 3.67. The molecule has 1 saturated carbocycles. The molecular formula is C17H16N4OS. The summed E-state index contributed by atoms with van der Waals surface area (Å²) in [6.45, 7) is 1.94. The van der Waals surface area contributed by atoms with Gasteiger partial charge in [0.25, 0.3) is 0 Å². The van der Waals surface area contributed by atoms with E-state index in [1.807, 2.05) is 30.5 Å². The minimum absolute atomic E-state index is 0.0614. The Hall–Kier alpha value is -2.47. The highest BCUT2D eigenvalue weighted by molar-refractivity contribution is 7.13. The number of nitrogens with zero attached hydrogens (tertiary/aromatic N) is 2. The van der Waals surface area contributed by atoms with Gasteiger partial charge in [-0.3, -0.25) is 4.79 Å². The molecule has 3 aromatic rings. The average molecular weight is 324 g/mol. The van der Waals surface area contributed by atoms with Gasteiger partial charge >= 0.3 is 0 Å². The molecule has 23 heavy (non-hydrogen) atoms. The van der Waals surface area contributed by atoms with Crippen LogP contribution in [0.5, 0.6) is 0 Å². The predicted octanol–water partition coefficient (Wildman–Crippen LogP) is 3.86. The molecule has 1 amide bonds. The summed E-state index contributed by atoms with van der Waals surface area (Å²) in [5, 5.41) is 4.93. The molecule has 0 atom stereocenters. The van der Waals surface area contributed by atoms with Crippen LogP contribution >= 0.6 is 11.3 Å². The van der Waals surface area contributed by atoms with Gasteiger partial charge in [-0.25, -0.2) is 9.97 Å². The van der Waals surface area contributed by atoms with Gasteiger partial charge in [0.15, 0.2) is 0 Å². The second-order valence-corrected chi connectivity index (χ2v) is 6.66. The molecule has 6 heteroatoms. The highest BCUT2D eigenvalue weighted by Crippen LogP contribution is 2.34. The molecule has 4 rings (SSSR count). The van der Waals surface area contributed by atoms with Crippen LogP contribution in [0.3, 0.4) is 0 Å². The first-order chi connectivity index (χ1) is 11.2. The standard InChI is InChI=1S/C17H16N4OS/c1-10-19-15(16(20-10)13-3-2-8-23-13)12-6-7-18-14(9-12)21-17(22)11-4-5-11/h2-3,6-9,11H,4-5H2,1H3,(H,19,20)(H,18,21,22). The number of aromatic amines is 1. The van der Waals surface area contributed by atoms with E-state index in [2.05, 4.69) is 26.3 Å². The van der Waals surface area contributed by atoms with Gasteiger partial charge in [-0.15, -0.1) is 11.3 Å². The van der Waals surface area contributed by atoms with Crippen molar-refractivity contribution in [3.63, 3.8) is 0 Å². The van der Waals surface area contributed by atoms with Gasteiger partial charge in [-0.2, -0.15) is 0 Å². The Balaban J connectivity index is 1.69. The van der Waals surface area contributed by atoms with E-state index in [0.717, 1.165) is 40.5 Å². The van der Waals surface area contributed by atoms with Gasteiger partial charge in [0.05, 0.1) is 16.3 Å². The summed E-state index contributed by atoms with van der Waals surface area (Å²) in [5.41, 5.74) is 2.83. The molecule has 1 aliphatic carbocycles. The Labute approximate surface area is 137 Å². The molecule has 0 aliphatic heterocycles. The Morgan fingerprint density at radius 3 is 3.00 bits per heavy atom. The van der Waals surface area contributed by atoms with E-state index in [0.29, 0.717) is 5.82 Å². The van der Waals surface area contributed by atoms with Crippen LogP contribution in [0.4, 0.5) is 5.82 Å². The van der Waals surface area contributed by atoms with Crippen molar-refractivity contribution in [1.29, 1.82) is 0 Å². The van der Waals surface area contributed by atoms with E-state index in [1.165, 1.54) is 0 Å². The number of aromatic nitrogens is 3. The third-order valence-electron chi connectivity index (χ3n) is 3.82. The first-order valence-corrected chi connectivity index (χ1v) is 8.46. The molecule has 1 aliphatic rings. The highest BCUT2D eigenvalue weighted by atomic mass is 32.1. The number of anilines is 1. The minimum Gasteiger partial charge on any atom is -0.341 e. The lowest BCUT2D eigenvalue weighted by molar-refractivity contribution is -0.117. The lowest BCUT2D eigenvalue weighted by atomic mass is 10.1. The Kier molecular flexibility index (Phi) is 3.46. The van der Waals surface area contributed by atoms with Gasteiger partial charge < -0.3 is 10.3 Å². The van der Waals surface area contributed by atoms with E-state index < -0.39 is 0 Å². The van der Waals surface area contributed by atoms with Crippen molar-refractivity contribution < 1.29 is 4.79 Å². The molecule has 0 spiro atoms. The normalized spacial score (nSPS) is 14.0. The van der Waals surface area contributed by atoms with Crippen molar-refractivity contribution in [2.45, 2.75) is 19.8 Å². The maximum absolute atomic E-state index is 11.9. The summed E-state index contributed by atoms with van der Waals surface area (Å²) in [5.74, 6) is 1.67. The SMILES string of the molecule is Cc1nc(-c2ccnc(NC(=O)C3CC3)c2)c(-c2cccs2)[nH]1. The van der Waals surface area contributed by atoms with Crippen molar-refractivity contribution in [3.05, 3.63) is 41.7 Å². The number of aryl methyl sites for hydroxylation is 1. The fraction of sp³-hybridized carbons (Fsp3) is 0.235. The number of rotatable bonds is 4. The van der Waals surface area contributed by atoms with E-state index in [1.54, 1.807) is 17.5 Å². The van der Waals surface area contributed by atoms with Crippen LogP contribution < -0.4 is 5.32 Å². The number of amides is 1. The number of hydrogen-bond acceptors (Lipinski definition) is 4. The molecule has 3 heterocycles. The number of imidazole rings is 1. The van der Waals surface area contributed by atoms with E-state index in [4.69, 9.17) is 0 Å². The molecule has 1 fully saturated rings. The van der Waals surface area contributed by atoms with Crippen molar-refractivity contribution >= 4 is 23.1 Å². The largest absolute Gasteiger partial charge is 0.341 e. The van der Waals surface area contributed by atoms with Crippen LogP contribution in [-0.4, -0.2) is 20.9 Å². The Bertz CT molecular complexity index is 849. The average Bonchev–Trinajstić information content (AvgIpc) is 3.12. The minimum atomic E-state index is 0.0614. The highest BCUT2D eigenvalue weighted by Gasteiger charge is 2.29. The van der Waals surface area contributed by atoms with Crippen LogP contribution in [0.2, 0.25) is 0 Å². The van der Waals surface area contributed by atoms with Crippen LogP contribution in [-0.2, 0) is 4.79 Å². The number of nitrogens with one attached hydrogen (secondary N) is 2. The molecule has 3 aromatic heterocycles. The summed E-state index contributed by atoms with van der Waals surface area (Å²) >= 11 is 1.67. The summed E-state index contributed by atoms with van der Waals surface area (Å²) < 4.78 is 0. The predicted molar refractivity (Wildman–Crippen MR) is 91.2 cm³/mol. The van der Waals surface area contributed by atoms with Crippen molar-refractivity contribution in [3.8, 4) is 21.8 Å².